The minimum Gasteiger partial charge on any atom is -0.328 e. The van der Waals surface area contributed by atoms with Crippen molar-refractivity contribution >= 4 is 45.2 Å². The van der Waals surface area contributed by atoms with Gasteiger partial charge in [-0.2, -0.15) is 4.98 Å². The maximum Gasteiger partial charge on any atom is 0.255 e. The van der Waals surface area contributed by atoms with Gasteiger partial charge in [-0.3, -0.25) is 4.79 Å². The molecule has 0 saturated heterocycles. The summed E-state index contributed by atoms with van der Waals surface area (Å²) in [5.74, 6) is 1.20. The lowest BCUT2D eigenvalue weighted by atomic mass is 9.95. The number of allylic oxidation sites excluding steroid dienone is 1. The van der Waals surface area contributed by atoms with Gasteiger partial charge in [0, 0.05) is 21.6 Å². The summed E-state index contributed by atoms with van der Waals surface area (Å²) >= 11 is 5.14. The van der Waals surface area contributed by atoms with Crippen molar-refractivity contribution in [2.45, 2.75) is 23.9 Å². The third kappa shape index (κ3) is 4.78. The maximum atomic E-state index is 13.5. The zero-order chi connectivity index (χ0) is 23.5. The van der Waals surface area contributed by atoms with E-state index in [1.54, 1.807) is 11.8 Å². The first-order valence-electron chi connectivity index (χ1n) is 10.8. The van der Waals surface area contributed by atoms with Crippen molar-refractivity contribution in [3.63, 3.8) is 0 Å². The van der Waals surface area contributed by atoms with Gasteiger partial charge >= 0.3 is 0 Å². The molecular formula is C26H22BrN5OS. The lowest BCUT2D eigenvalue weighted by molar-refractivity contribution is -0.113. The molecule has 170 valence electrons. The van der Waals surface area contributed by atoms with E-state index in [2.05, 4.69) is 38.7 Å². The Morgan fingerprint density at radius 2 is 1.79 bits per heavy atom. The predicted molar refractivity (Wildman–Crippen MR) is 140 cm³/mol. The smallest absolute Gasteiger partial charge is 0.255 e. The standard InChI is InChI=1S/C26H22BrN5OS/c1-17-22(24(33)29-21-13-6-3-7-14-21)23(19-11-8-12-20(27)15-19)32-25(28-17)30-26(31-32)34-16-18-9-4-2-5-10-18/h2-15,23H,16H2,1H3,(H,29,33)(H,28,30,31). The molecule has 0 spiro atoms. The van der Waals surface area contributed by atoms with E-state index in [1.165, 1.54) is 5.56 Å². The SMILES string of the molecule is CC1=C(C(=O)Nc2ccccc2)C(c2cccc(Br)c2)n2nc(SCc3ccccc3)nc2N1. The zero-order valence-corrected chi connectivity index (χ0v) is 20.8. The van der Waals surface area contributed by atoms with Crippen molar-refractivity contribution < 1.29 is 4.79 Å². The van der Waals surface area contributed by atoms with Crippen LogP contribution in [0, 0.1) is 0 Å². The van der Waals surface area contributed by atoms with Gasteiger partial charge in [0.2, 0.25) is 11.1 Å². The highest BCUT2D eigenvalue weighted by Crippen LogP contribution is 2.37. The molecule has 1 aromatic heterocycles. The molecule has 1 amide bonds. The lowest BCUT2D eigenvalue weighted by Gasteiger charge is -2.28. The van der Waals surface area contributed by atoms with Crippen LogP contribution in [0.4, 0.5) is 11.6 Å². The Hall–Kier alpha value is -3.36. The molecule has 4 aromatic rings. The number of hydrogen-bond acceptors (Lipinski definition) is 5. The number of aromatic nitrogens is 3. The van der Waals surface area contributed by atoms with E-state index in [4.69, 9.17) is 10.1 Å². The van der Waals surface area contributed by atoms with Crippen LogP contribution in [0.25, 0.3) is 0 Å². The first-order chi connectivity index (χ1) is 16.6. The van der Waals surface area contributed by atoms with Gasteiger partial charge in [-0.15, -0.1) is 5.10 Å². The van der Waals surface area contributed by atoms with E-state index in [9.17, 15) is 4.79 Å². The second-order valence-electron chi connectivity index (χ2n) is 7.88. The summed E-state index contributed by atoms with van der Waals surface area (Å²) in [6, 6.07) is 27.2. The molecule has 1 atom stereocenters. The molecule has 34 heavy (non-hydrogen) atoms. The van der Waals surface area contributed by atoms with E-state index < -0.39 is 6.04 Å². The van der Waals surface area contributed by atoms with Crippen LogP contribution >= 0.6 is 27.7 Å². The van der Waals surface area contributed by atoms with E-state index in [0.717, 1.165) is 27.2 Å². The number of para-hydroxylation sites is 1. The average molecular weight is 532 g/mol. The van der Waals surface area contributed by atoms with Crippen molar-refractivity contribution in [2.24, 2.45) is 0 Å². The summed E-state index contributed by atoms with van der Waals surface area (Å²) in [7, 11) is 0. The number of thioether (sulfide) groups is 1. The molecule has 8 heteroatoms. The molecule has 6 nitrogen and oxygen atoms in total. The monoisotopic (exact) mass is 531 g/mol. The number of halogens is 1. The van der Waals surface area contributed by atoms with E-state index in [1.807, 2.05) is 84.4 Å². The molecule has 2 heterocycles. The van der Waals surface area contributed by atoms with Crippen LogP contribution in [0.3, 0.4) is 0 Å². The highest BCUT2D eigenvalue weighted by atomic mass is 79.9. The molecule has 0 bridgehead atoms. The average Bonchev–Trinajstić information content (AvgIpc) is 3.25. The molecular weight excluding hydrogens is 510 g/mol. The second-order valence-corrected chi connectivity index (χ2v) is 9.74. The van der Waals surface area contributed by atoms with Crippen LogP contribution in [-0.2, 0) is 10.5 Å². The van der Waals surface area contributed by atoms with Crippen LogP contribution in [0.5, 0.6) is 0 Å². The first kappa shape index (κ1) is 22.4. The Balaban J connectivity index is 1.50. The van der Waals surface area contributed by atoms with Crippen LogP contribution in [0.2, 0.25) is 0 Å². The summed E-state index contributed by atoms with van der Waals surface area (Å²) < 4.78 is 2.74. The maximum absolute atomic E-state index is 13.5. The fourth-order valence-electron chi connectivity index (χ4n) is 3.91. The number of anilines is 2. The van der Waals surface area contributed by atoms with Gasteiger partial charge in [-0.1, -0.05) is 88.4 Å². The van der Waals surface area contributed by atoms with Gasteiger partial charge in [-0.05, 0) is 42.3 Å². The summed E-state index contributed by atoms with van der Waals surface area (Å²) in [5.41, 5.74) is 4.23. The number of nitrogens with zero attached hydrogens (tertiary/aromatic N) is 3. The molecule has 0 aliphatic carbocycles. The number of fused-ring (bicyclic) bond motifs is 1. The van der Waals surface area contributed by atoms with E-state index in [-0.39, 0.29) is 5.91 Å². The van der Waals surface area contributed by atoms with Crippen molar-refractivity contribution in [3.8, 4) is 0 Å². The minimum atomic E-state index is -0.420. The number of hydrogen-bond donors (Lipinski definition) is 2. The molecule has 0 saturated carbocycles. The summed E-state index contributed by atoms with van der Waals surface area (Å²) in [5, 5.41) is 11.8. The fraction of sp³-hybridized carbons (Fsp3) is 0.115. The highest BCUT2D eigenvalue weighted by molar-refractivity contribution is 9.10. The van der Waals surface area contributed by atoms with Gasteiger partial charge in [0.05, 0.1) is 5.57 Å². The largest absolute Gasteiger partial charge is 0.328 e. The summed E-state index contributed by atoms with van der Waals surface area (Å²) in [4.78, 5) is 18.2. The Kier molecular flexibility index (Phi) is 6.51. The highest BCUT2D eigenvalue weighted by Gasteiger charge is 2.34. The third-order valence-corrected chi connectivity index (χ3v) is 6.89. The summed E-state index contributed by atoms with van der Waals surface area (Å²) in [6.07, 6.45) is 0. The van der Waals surface area contributed by atoms with Crippen LogP contribution in [-0.4, -0.2) is 20.7 Å². The molecule has 1 aliphatic rings. The third-order valence-electron chi connectivity index (χ3n) is 5.48. The second kappa shape index (κ2) is 9.87. The normalized spacial score (nSPS) is 14.9. The van der Waals surface area contributed by atoms with Crippen molar-refractivity contribution in [3.05, 3.63) is 112 Å². The molecule has 0 fully saturated rings. The number of amides is 1. The molecule has 0 radical (unpaired) electrons. The number of carbonyl (C=O) groups excluding carboxylic acids is 1. The van der Waals surface area contributed by atoms with Crippen molar-refractivity contribution in [2.75, 3.05) is 10.6 Å². The molecule has 5 rings (SSSR count). The Bertz CT molecular complexity index is 1350. The lowest BCUT2D eigenvalue weighted by Crippen LogP contribution is -2.31. The minimum absolute atomic E-state index is 0.180. The van der Waals surface area contributed by atoms with Crippen molar-refractivity contribution in [1.29, 1.82) is 0 Å². The quantitative estimate of drug-likeness (QED) is 0.287. The van der Waals surface area contributed by atoms with E-state index >= 15 is 0 Å². The van der Waals surface area contributed by atoms with Gasteiger partial charge in [-0.25, -0.2) is 4.68 Å². The molecule has 1 unspecified atom stereocenters. The number of benzene rings is 3. The summed E-state index contributed by atoms with van der Waals surface area (Å²) in [6.45, 7) is 1.90. The van der Waals surface area contributed by atoms with Gasteiger partial charge in [0.1, 0.15) is 6.04 Å². The number of carbonyl (C=O) groups is 1. The molecule has 3 aromatic carbocycles. The van der Waals surface area contributed by atoms with Crippen LogP contribution < -0.4 is 10.6 Å². The van der Waals surface area contributed by atoms with Crippen LogP contribution in [0.1, 0.15) is 24.1 Å². The fourth-order valence-corrected chi connectivity index (χ4v) is 5.12. The number of nitrogens with one attached hydrogen (secondary N) is 2. The zero-order valence-electron chi connectivity index (χ0n) is 18.4. The van der Waals surface area contributed by atoms with Crippen LogP contribution in [0.15, 0.2) is 106 Å². The predicted octanol–water partition coefficient (Wildman–Crippen LogP) is 6.26. The van der Waals surface area contributed by atoms with E-state index in [0.29, 0.717) is 16.7 Å². The van der Waals surface area contributed by atoms with Gasteiger partial charge in [0.25, 0.3) is 5.91 Å². The Morgan fingerprint density at radius 1 is 1.06 bits per heavy atom. The Labute approximate surface area is 210 Å². The topological polar surface area (TPSA) is 71.8 Å². The molecule has 1 aliphatic heterocycles. The Morgan fingerprint density at radius 3 is 2.53 bits per heavy atom. The van der Waals surface area contributed by atoms with Crippen molar-refractivity contribution in [1.82, 2.24) is 14.8 Å². The first-order valence-corrected chi connectivity index (χ1v) is 12.6. The van der Waals surface area contributed by atoms with Gasteiger partial charge < -0.3 is 10.6 Å². The van der Waals surface area contributed by atoms with Gasteiger partial charge in [0.15, 0.2) is 0 Å². The number of rotatable bonds is 6. The molecule has 2 N–H and O–H groups in total.